The number of aromatic nitrogens is 2. The summed E-state index contributed by atoms with van der Waals surface area (Å²) < 4.78 is 40.5. The Morgan fingerprint density at radius 1 is 1.30 bits per heavy atom. The molecule has 1 saturated heterocycles. The third kappa shape index (κ3) is 5.46. The number of piperidine rings is 1. The van der Waals surface area contributed by atoms with E-state index in [0.717, 1.165) is 50.7 Å². The first kappa shape index (κ1) is 19.7. The van der Waals surface area contributed by atoms with Crippen molar-refractivity contribution < 1.29 is 18.0 Å². The van der Waals surface area contributed by atoms with Gasteiger partial charge in [-0.15, -0.1) is 0 Å². The Bertz CT molecular complexity index is 771. The average Bonchev–Trinajstić information content (AvgIpc) is 3.10. The number of halogens is 4. The molecule has 1 amide bonds. The molecule has 0 unspecified atom stereocenters. The summed E-state index contributed by atoms with van der Waals surface area (Å²) in [6.07, 6.45) is 2.89. The Kier molecular flexibility index (Phi) is 6.06. The number of likely N-dealkylation sites (tertiary alicyclic amines) is 1. The van der Waals surface area contributed by atoms with Gasteiger partial charge < -0.3 is 9.88 Å². The third-order valence-corrected chi connectivity index (χ3v) is 5.00. The number of nitrogens with zero attached hydrogens (tertiary/aromatic N) is 3. The molecule has 0 spiro atoms. The standard InChI is InChI=1S/C18H20ClF3N4O/c19-15-2-1-14(18(20,21)22)9-16(15)24-17(27)11-25-6-3-13(4-7-25)10-26-8-5-23-12-26/h1-2,5,8-9,12-13H,3-4,6-7,10-11H2,(H,24,27). The molecule has 2 heterocycles. The first-order chi connectivity index (χ1) is 12.8. The molecule has 0 atom stereocenters. The summed E-state index contributed by atoms with van der Waals surface area (Å²) >= 11 is 5.92. The molecule has 1 fully saturated rings. The third-order valence-electron chi connectivity index (χ3n) is 4.67. The molecule has 1 aliphatic rings. The number of amides is 1. The van der Waals surface area contributed by atoms with Crippen LogP contribution in [0.3, 0.4) is 0 Å². The molecule has 1 aliphatic heterocycles. The highest BCUT2D eigenvalue weighted by molar-refractivity contribution is 6.33. The lowest BCUT2D eigenvalue weighted by Crippen LogP contribution is -2.40. The lowest BCUT2D eigenvalue weighted by molar-refractivity contribution is -0.137. The van der Waals surface area contributed by atoms with Gasteiger partial charge in [0, 0.05) is 18.9 Å². The van der Waals surface area contributed by atoms with E-state index in [1.165, 1.54) is 0 Å². The zero-order chi connectivity index (χ0) is 19.4. The highest BCUT2D eigenvalue weighted by Crippen LogP contribution is 2.33. The predicted molar refractivity (Wildman–Crippen MR) is 96.5 cm³/mol. The second-order valence-electron chi connectivity index (χ2n) is 6.72. The van der Waals surface area contributed by atoms with Gasteiger partial charge in [-0.25, -0.2) is 4.98 Å². The number of rotatable bonds is 5. The Hall–Kier alpha value is -2.06. The van der Waals surface area contributed by atoms with Crippen LogP contribution in [0.5, 0.6) is 0 Å². The van der Waals surface area contributed by atoms with Crippen LogP contribution in [0.2, 0.25) is 5.02 Å². The Balaban J connectivity index is 1.50. The number of hydrogen-bond acceptors (Lipinski definition) is 3. The first-order valence-corrected chi connectivity index (χ1v) is 9.04. The van der Waals surface area contributed by atoms with E-state index in [1.807, 2.05) is 15.7 Å². The number of carbonyl (C=O) groups is 1. The van der Waals surface area contributed by atoms with Crippen molar-refractivity contribution in [2.24, 2.45) is 5.92 Å². The minimum absolute atomic E-state index is 0.0218. The number of imidazole rings is 1. The second-order valence-corrected chi connectivity index (χ2v) is 7.13. The second kappa shape index (κ2) is 8.31. The van der Waals surface area contributed by atoms with Gasteiger partial charge >= 0.3 is 6.18 Å². The molecule has 2 aromatic rings. The summed E-state index contributed by atoms with van der Waals surface area (Å²) in [4.78, 5) is 18.3. The van der Waals surface area contributed by atoms with Gasteiger partial charge in [0.25, 0.3) is 0 Å². The Labute approximate surface area is 160 Å². The molecule has 3 rings (SSSR count). The van der Waals surface area contributed by atoms with Gasteiger partial charge in [-0.05, 0) is 50.0 Å². The van der Waals surface area contributed by atoms with E-state index in [-0.39, 0.29) is 23.2 Å². The average molecular weight is 401 g/mol. The van der Waals surface area contributed by atoms with E-state index < -0.39 is 11.7 Å². The van der Waals surface area contributed by atoms with Crippen LogP contribution in [-0.2, 0) is 17.5 Å². The minimum Gasteiger partial charge on any atom is -0.337 e. The van der Waals surface area contributed by atoms with E-state index >= 15 is 0 Å². The fraction of sp³-hybridized carbons (Fsp3) is 0.444. The van der Waals surface area contributed by atoms with Crippen LogP contribution in [-0.4, -0.2) is 40.0 Å². The molecular formula is C18H20ClF3N4O. The van der Waals surface area contributed by atoms with Crippen molar-refractivity contribution in [3.05, 3.63) is 47.5 Å². The molecule has 5 nitrogen and oxygen atoms in total. The van der Waals surface area contributed by atoms with Crippen LogP contribution in [0.4, 0.5) is 18.9 Å². The van der Waals surface area contributed by atoms with Crippen LogP contribution in [0, 0.1) is 5.92 Å². The van der Waals surface area contributed by atoms with Gasteiger partial charge in [-0.3, -0.25) is 9.69 Å². The summed E-state index contributed by atoms with van der Waals surface area (Å²) in [6.45, 7) is 2.57. The van der Waals surface area contributed by atoms with Gasteiger partial charge in [0.2, 0.25) is 5.91 Å². The molecule has 1 aromatic heterocycles. The number of carbonyl (C=O) groups excluding carboxylic acids is 1. The fourth-order valence-electron chi connectivity index (χ4n) is 3.21. The lowest BCUT2D eigenvalue weighted by Gasteiger charge is -2.31. The van der Waals surface area contributed by atoms with E-state index in [4.69, 9.17) is 11.6 Å². The number of nitrogens with one attached hydrogen (secondary N) is 1. The quantitative estimate of drug-likeness (QED) is 0.828. The monoisotopic (exact) mass is 400 g/mol. The lowest BCUT2D eigenvalue weighted by atomic mass is 9.97. The maximum Gasteiger partial charge on any atom is 0.416 e. The molecule has 0 aliphatic carbocycles. The van der Waals surface area contributed by atoms with Crippen molar-refractivity contribution in [1.29, 1.82) is 0 Å². The largest absolute Gasteiger partial charge is 0.416 e. The number of alkyl halides is 3. The Morgan fingerprint density at radius 3 is 2.67 bits per heavy atom. The van der Waals surface area contributed by atoms with E-state index in [0.29, 0.717) is 5.92 Å². The number of anilines is 1. The van der Waals surface area contributed by atoms with Crippen LogP contribution < -0.4 is 5.32 Å². The van der Waals surface area contributed by atoms with E-state index in [9.17, 15) is 18.0 Å². The number of benzene rings is 1. The maximum absolute atomic E-state index is 12.8. The summed E-state index contributed by atoms with van der Waals surface area (Å²) in [5.41, 5.74) is -0.867. The van der Waals surface area contributed by atoms with E-state index in [2.05, 4.69) is 10.3 Å². The van der Waals surface area contributed by atoms with Crippen LogP contribution in [0.15, 0.2) is 36.9 Å². The van der Waals surface area contributed by atoms with Gasteiger partial charge in [0.15, 0.2) is 0 Å². The van der Waals surface area contributed by atoms with Gasteiger partial charge in [0.1, 0.15) is 0 Å². The molecule has 0 bridgehead atoms. The summed E-state index contributed by atoms with van der Waals surface area (Å²) in [6, 6.07) is 2.89. The van der Waals surface area contributed by atoms with Crippen LogP contribution >= 0.6 is 11.6 Å². The van der Waals surface area contributed by atoms with Crippen molar-refractivity contribution in [3.63, 3.8) is 0 Å². The van der Waals surface area contributed by atoms with Crippen molar-refractivity contribution in [2.75, 3.05) is 25.0 Å². The summed E-state index contributed by atoms with van der Waals surface area (Å²) in [5.74, 6) is 0.153. The molecule has 1 aromatic carbocycles. The van der Waals surface area contributed by atoms with Crippen molar-refractivity contribution in [3.8, 4) is 0 Å². The first-order valence-electron chi connectivity index (χ1n) is 8.66. The van der Waals surface area contributed by atoms with Gasteiger partial charge in [-0.1, -0.05) is 11.6 Å². The summed E-state index contributed by atoms with van der Waals surface area (Å²) in [7, 11) is 0. The number of hydrogen-bond donors (Lipinski definition) is 1. The molecule has 9 heteroatoms. The highest BCUT2D eigenvalue weighted by atomic mass is 35.5. The fourth-order valence-corrected chi connectivity index (χ4v) is 3.38. The van der Waals surface area contributed by atoms with Crippen LogP contribution in [0.25, 0.3) is 0 Å². The highest BCUT2D eigenvalue weighted by Gasteiger charge is 2.31. The zero-order valence-electron chi connectivity index (χ0n) is 14.5. The smallest absolute Gasteiger partial charge is 0.337 e. The van der Waals surface area contributed by atoms with Gasteiger partial charge in [0.05, 0.1) is 29.1 Å². The van der Waals surface area contributed by atoms with E-state index in [1.54, 1.807) is 12.5 Å². The molecule has 1 N–H and O–H groups in total. The zero-order valence-corrected chi connectivity index (χ0v) is 15.3. The Morgan fingerprint density at radius 2 is 2.04 bits per heavy atom. The van der Waals surface area contributed by atoms with Crippen LogP contribution in [0.1, 0.15) is 18.4 Å². The van der Waals surface area contributed by atoms with Crippen molar-refractivity contribution in [2.45, 2.75) is 25.6 Å². The van der Waals surface area contributed by atoms with Gasteiger partial charge in [-0.2, -0.15) is 13.2 Å². The maximum atomic E-state index is 12.8. The van der Waals surface area contributed by atoms with Crippen molar-refractivity contribution in [1.82, 2.24) is 14.5 Å². The predicted octanol–water partition coefficient (Wildman–Crippen LogP) is 3.91. The molecule has 0 saturated carbocycles. The molecule has 27 heavy (non-hydrogen) atoms. The molecular weight excluding hydrogens is 381 g/mol. The normalized spacial score (nSPS) is 16.4. The summed E-state index contributed by atoms with van der Waals surface area (Å²) in [5, 5.41) is 2.57. The molecule has 146 valence electrons. The minimum atomic E-state index is -4.48. The topological polar surface area (TPSA) is 50.2 Å². The SMILES string of the molecule is O=C(CN1CCC(Cn2ccnc2)CC1)Nc1cc(C(F)(F)F)ccc1Cl. The van der Waals surface area contributed by atoms with Crippen molar-refractivity contribution >= 4 is 23.2 Å². The molecule has 0 radical (unpaired) electrons.